The van der Waals surface area contributed by atoms with Gasteiger partial charge in [-0.1, -0.05) is 30.3 Å². The highest BCUT2D eigenvalue weighted by atomic mass is 32.1. The molecule has 1 aromatic rings. The van der Waals surface area contributed by atoms with E-state index in [1.165, 1.54) is 0 Å². The Labute approximate surface area is 209 Å². The number of aliphatic carboxylic acids is 1. The molecule has 10 N–H and O–H groups in total. The lowest BCUT2D eigenvalue weighted by atomic mass is 10.1. The third-order valence-corrected chi connectivity index (χ3v) is 5.42. The van der Waals surface area contributed by atoms with E-state index in [-0.39, 0.29) is 18.6 Å². The number of thiol groups is 1. The molecule has 0 saturated carbocycles. The molecule has 0 fully saturated rings. The molecule has 194 valence electrons. The van der Waals surface area contributed by atoms with Crippen LogP contribution in [0.5, 0.6) is 0 Å². The quantitative estimate of drug-likeness (QED) is 0.0918. The van der Waals surface area contributed by atoms with Crippen molar-refractivity contribution < 1.29 is 29.1 Å². The molecule has 0 radical (unpaired) electrons. The maximum Gasteiger partial charge on any atom is 0.326 e. The molecule has 0 aromatic heterocycles. The summed E-state index contributed by atoms with van der Waals surface area (Å²) in [6.07, 6.45) is 0.928. The Morgan fingerprint density at radius 3 is 2.00 bits per heavy atom. The first-order valence-corrected chi connectivity index (χ1v) is 11.7. The largest absolute Gasteiger partial charge is 0.480 e. The van der Waals surface area contributed by atoms with Gasteiger partial charge in [-0.25, -0.2) is 4.79 Å². The number of unbranched alkanes of at least 4 members (excludes halogenated alkanes) is 1. The predicted molar refractivity (Wildman–Crippen MR) is 132 cm³/mol. The van der Waals surface area contributed by atoms with E-state index in [0.717, 1.165) is 0 Å². The fourth-order valence-electron chi connectivity index (χ4n) is 3.14. The van der Waals surface area contributed by atoms with Gasteiger partial charge >= 0.3 is 5.97 Å². The van der Waals surface area contributed by atoms with E-state index in [2.05, 4.69) is 28.6 Å². The molecule has 0 aliphatic carbocycles. The molecule has 0 aliphatic rings. The molecule has 0 saturated heterocycles. The molecule has 0 aliphatic heterocycles. The van der Waals surface area contributed by atoms with Gasteiger partial charge in [0.25, 0.3) is 0 Å². The lowest BCUT2D eigenvalue weighted by molar-refractivity contribution is -0.142. The number of carboxylic acid groups (broad SMARTS) is 1. The van der Waals surface area contributed by atoms with Gasteiger partial charge in [0, 0.05) is 12.2 Å². The van der Waals surface area contributed by atoms with Crippen LogP contribution in [0.3, 0.4) is 0 Å². The van der Waals surface area contributed by atoms with Crippen molar-refractivity contribution in [2.24, 2.45) is 17.2 Å². The Kier molecular flexibility index (Phi) is 13.4. The van der Waals surface area contributed by atoms with Gasteiger partial charge in [-0.2, -0.15) is 12.6 Å². The Morgan fingerprint density at radius 1 is 0.886 bits per heavy atom. The number of hydrogen-bond donors (Lipinski definition) is 8. The fourth-order valence-corrected chi connectivity index (χ4v) is 3.40. The minimum atomic E-state index is -1.24. The Hall–Kier alpha value is -3.16. The first kappa shape index (κ1) is 29.9. The molecule has 12 nitrogen and oxygen atoms in total. The van der Waals surface area contributed by atoms with Crippen LogP contribution in [0.1, 0.15) is 31.2 Å². The zero-order valence-corrected chi connectivity index (χ0v) is 20.2. The minimum absolute atomic E-state index is 0.0463. The number of amides is 4. The van der Waals surface area contributed by atoms with Gasteiger partial charge in [-0.3, -0.25) is 19.2 Å². The van der Waals surface area contributed by atoms with Crippen LogP contribution in [0.15, 0.2) is 30.3 Å². The number of carbonyl (C=O) groups is 5. The second kappa shape index (κ2) is 15.7. The number of rotatable bonds is 16. The second-order valence-electron chi connectivity index (χ2n) is 7.96. The number of carboxylic acids is 1. The summed E-state index contributed by atoms with van der Waals surface area (Å²) in [5, 5.41) is 16.9. The molecule has 0 heterocycles. The van der Waals surface area contributed by atoms with Crippen LogP contribution in [0, 0.1) is 0 Å². The summed E-state index contributed by atoms with van der Waals surface area (Å²) in [6.45, 7) is 0.378. The van der Waals surface area contributed by atoms with E-state index in [9.17, 15) is 29.1 Å². The maximum absolute atomic E-state index is 12.9. The molecule has 0 spiro atoms. The number of nitrogens with two attached hydrogens (primary N) is 3. The molecule has 1 aromatic carbocycles. The van der Waals surface area contributed by atoms with Gasteiger partial charge in [-0.15, -0.1) is 0 Å². The highest BCUT2D eigenvalue weighted by Crippen LogP contribution is 2.06. The Morgan fingerprint density at radius 2 is 1.46 bits per heavy atom. The van der Waals surface area contributed by atoms with E-state index in [1.807, 2.05) is 0 Å². The van der Waals surface area contributed by atoms with Gasteiger partial charge in [0.2, 0.25) is 23.6 Å². The maximum atomic E-state index is 12.9. The predicted octanol–water partition coefficient (Wildman–Crippen LogP) is -1.97. The topological polar surface area (TPSA) is 220 Å². The number of carbonyl (C=O) groups excluding carboxylic acids is 4. The third kappa shape index (κ3) is 11.2. The van der Waals surface area contributed by atoms with Gasteiger partial charge in [0.15, 0.2) is 0 Å². The Balaban J connectivity index is 2.86. The van der Waals surface area contributed by atoms with Crippen molar-refractivity contribution in [1.82, 2.24) is 16.0 Å². The molecule has 1 rings (SSSR count). The lowest BCUT2D eigenvalue weighted by Gasteiger charge is -2.24. The Bertz CT molecular complexity index is 871. The van der Waals surface area contributed by atoms with Crippen molar-refractivity contribution in [3.8, 4) is 0 Å². The van der Waals surface area contributed by atoms with Gasteiger partial charge in [0.05, 0.1) is 12.5 Å². The summed E-state index contributed by atoms with van der Waals surface area (Å²) in [7, 11) is 0. The minimum Gasteiger partial charge on any atom is -0.480 e. The second-order valence-corrected chi connectivity index (χ2v) is 8.32. The summed E-state index contributed by atoms with van der Waals surface area (Å²) < 4.78 is 0. The number of nitrogens with one attached hydrogen (secondary N) is 3. The van der Waals surface area contributed by atoms with Crippen molar-refractivity contribution in [1.29, 1.82) is 0 Å². The standard InChI is InChI=1S/C22H34N6O6S/c23-9-5-4-8-15(26-19(30)14(24)11-18(25)29)20(31)28-17(12-35)21(32)27-16(22(33)34)10-13-6-2-1-3-7-13/h1-3,6-7,14-17,35H,4-5,8-12,23-24H2,(H2,25,29)(H,26,30)(H,27,32)(H,28,31)(H,33,34). The van der Waals surface area contributed by atoms with Gasteiger partial charge in [0.1, 0.15) is 18.1 Å². The van der Waals surface area contributed by atoms with Gasteiger partial charge in [-0.05, 0) is 31.4 Å². The van der Waals surface area contributed by atoms with Crippen LogP contribution in [0.25, 0.3) is 0 Å². The monoisotopic (exact) mass is 510 g/mol. The zero-order chi connectivity index (χ0) is 26.4. The molecule has 35 heavy (non-hydrogen) atoms. The van der Waals surface area contributed by atoms with Crippen LogP contribution in [0.4, 0.5) is 0 Å². The van der Waals surface area contributed by atoms with E-state index in [0.29, 0.717) is 24.9 Å². The first-order valence-electron chi connectivity index (χ1n) is 11.1. The van der Waals surface area contributed by atoms with Crippen molar-refractivity contribution in [2.45, 2.75) is 56.3 Å². The van der Waals surface area contributed by atoms with Crippen molar-refractivity contribution in [2.75, 3.05) is 12.3 Å². The van der Waals surface area contributed by atoms with Crippen molar-refractivity contribution in [3.63, 3.8) is 0 Å². The van der Waals surface area contributed by atoms with Crippen LogP contribution in [-0.4, -0.2) is 71.2 Å². The van der Waals surface area contributed by atoms with Gasteiger partial charge < -0.3 is 38.3 Å². The number of hydrogen-bond acceptors (Lipinski definition) is 8. The van der Waals surface area contributed by atoms with Crippen LogP contribution >= 0.6 is 12.6 Å². The highest BCUT2D eigenvalue weighted by molar-refractivity contribution is 7.80. The highest BCUT2D eigenvalue weighted by Gasteiger charge is 2.30. The summed E-state index contributed by atoms with van der Waals surface area (Å²) >= 11 is 4.10. The van der Waals surface area contributed by atoms with Crippen LogP contribution < -0.4 is 33.2 Å². The summed E-state index contributed by atoms with van der Waals surface area (Å²) in [5.41, 5.74) is 16.9. The molecule has 13 heteroatoms. The molecule has 4 unspecified atom stereocenters. The molecular formula is C22H34N6O6S. The fraction of sp³-hybridized carbons (Fsp3) is 0.500. The lowest BCUT2D eigenvalue weighted by Crippen LogP contribution is -2.58. The van der Waals surface area contributed by atoms with Crippen molar-refractivity contribution in [3.05, 3.63) is 35.9 Å². The van der Waals surface area contributed by atoms with Crippen molar-refractivity contribution >= 4 is 42.2 Å². The first-order chi connectivity index (χ1) is 16.6. The average molecular weight is 511 g/mol. The van der Waals surface area contributed by atoms with E-state index in [4.69, 9.17) is 17.2 Å². The van der Waals surface area contributed by atoms with Crippen LogP contribution in [-0.2, 0) is 30.4 Å². The molecule has 4 atom stereocenters. The third-order valence-electron chi connectivity index (χ3n) is 5.05. The normalized spacial score (nSPS) is 14.1. The molecular weight excluding hydrogens is 476 g/mol. The zero-order valence-electron chi connectivity index (χ0n) is 19.3. The van der Waals surface area contributed by atoms with E-state index >= 15 is 0 Å². The molecule has 4 amide bonds. The molecule has 0 bridgehead atoms. The van der Waals surface area contributed by atoms with E-state index < -0.39 is 60.2 Å². The smallest absolute Gasteiger partial charge is 0.326 e. The number of primary amides is 1. The van der Waals surface area contributed by atoms with E-state index in [1.54, 1.807) is 30.3 Å². The summed E-state index contributed by atoms with van der Waals surface area (Å²) in [4.78, 5) is 60.6. The SMILES string of the molecule is NCCCCC(NC(=O)C(N)CC(N)=O)C(=O)NC(CS)C(=O)NC(Cc1ccccc1)C(=O)O. The summed E-state index contributed by atoms with van der Waals surface area (Å²) in [5.74, 6) is -4.31. The average Bonchev–Trinajstić information content (AvgIpc) is 2.81. The summed E-state index contributed by atoms with van der Waals surface area (Å²) in [6, 6.07) is 4.05. The number of benzene rings is 1. The van der Waals surface area contributed by atoms with Crippen LogP contribution in [0.2, 0.25) is 0 Å².